The van der Waals surface area contributed by atoms with E-state index in [2.05, 4.69) is 40.2 Å². The number of benzene rings is 1. The molecule has 1 aromatic rings. The number of rotatable bonds is 2. The van der Waals surface area contributed by atoms with Gasteiger partial charge < -0.3 is 10.1 Å². The number of fused-ring (bicyclic) bond motifs is 1. The van der Waals surface area contributed by atoms with E-state index in [9.17, 15) is 0 Å². The summed E-state index contributed by atoms with van der Waals surface area (Å²) in [4.78, 5) is 2.66. The van der Waals surface area contributed by atoms with Crippen LogP contribution in [0.1, 0.15) is 24.0 Å². The fourth-order valence-corrected chi connectivity index (χ4v) is 5.40. The van der Waals surface area contributed by atoms with E-state index in [1.54, 1.807) is 0 Å². The lowest BCUT2D eigenvalue weighted by Crippen LogP contribution is -2.49. The molecule has 114 valence electrons. The van der Waals surface area contributed by atoms with Gasteiger partial charge in [-0.25, -0.2) is 0 Å². The van der Waals surface area contributed by atoms with Gasteiger partial charge in [-0.3, -0.25) is 4.90 Å². The molecule has 0 atom stereocenters. The van der Waals surface area contributed by atoms with Gasteiger partial charge in [0.15, 0.2) is 0 Å². The fourth-order valence-electron chi connectivity index (χ4n) is 3.89. The minimum Gasteiger partial charge on any atom is -0.384 e. The highest BCUT2D eigenvalue weighted by molar-refractivity contribution is 8.00. The molecule has 3 nitrogen and oxygen atoms in total. The molecule has 4 heteroatoms. The Kier molecular flexibility index (Phi) is 3.86. The van der Waals surface area contributed by atoms with Crippen molar-refractivity contribution >= 4 is 17.4 Å². The van der Waals surface area contributed by atoms with Crippen LogP contribution in [0.25, 0.3) is 0 Å². The van der Waals surface area contributed by atoms with Crippen molar-refractivity contribution in [2.24, 2.45) is 0 Å². The zero-order chi connectivity index (χ0) is 14.1. The summed E-state index contributed by atoms with van der Waals surface area (Å²) in [5.74, 6) is 1.27. The van der Waals surface area contributed by atoms with Gasteiger partial charge >= 0.3 is 0 Å². The maximum atomic E-state index is 5.57. The van der Waals surface area contributed by atoms with Crippen molar-refractivity contribution in [3.05, 3.63) is 29.3 Å². The second-order valence-corrected chi connectivity index (χ2v) is 8.05. The van der Waals surface area contributed by atoms with Crippen molar-refractivity contribution in [1.29, 1.82) is 0 Å². The third-order valence-corrected chi connectivity index (χ3v) is 6.60. The molecule has 4 rings (SSSR count). The normalized spacial score (nSPS) is 24.8. The molecule has 1 N–H and O–H groups in total. The summed E-state index contributed by atoms with van der Waals surface area (Å²) in [6, 6.07) is 6.80. The number of para-hydroxylation sites is 1. The van der Waals surface area contributed by atoms with Crippen molar-refractivity contribution in [2.75, 3.05) is 43.9 Å². The van der Waals surface area contributed by atoms with Crippen molar-refractivity contribution in [3.63, 3.8) is 0 Å². The molecule has 21 heavy (non-hydrogen) atoms. The Balaban J connectivity index is 1.48. The smallest absolute Gasteiger partial charge is 0.0479 e. The highest BCUT2D eigenvalue weighted by Crippen LogP contribution is 2.40. The molecule has 1 spiro atoms. The van der Waals surface area contributed by atoms with Crippen molar-refractivity contribution < 1.29 is 4.74 Å². The van der Waals surface area contributed by atoms with E-state index in [1.165, 1.54) is 54.9 Å². The van der Waals surface area contributed by atoms with E-state index in [1.807, 2.05) is 0 Å². The van der Waals surface area contributed by atoms with Crippen LogP contribution in [0.3, 0.4) is 0 Å². The molecular weight excluding hydrogens is 280 g/mol. The monoisotopic (exact) mass is 304 g/mol. The zero-order valence-electron chi connectivity index (χ0n) is 12.6. The zero-order valence-corrected chi connectivity index (χ0v) is 13.4. The molecule has 0 amide bonds. The number of nitrogens with one attached hydrogen (secondary N) is 1. The summed E-state index contributed by atoms with van der Waals surface area (Å²) < 4.78 is 6.03. The number of hydrogen-bond acceptors (Lipinski definition) is 4. The lowest BCUT2D eigenvalue weighted by Gasteiger charge is -2.44. The van der Waals surface area contributed by atoms with Crippen LogP contribution in [0.5, 0.6) is 0 Å². The number of thioether (sulfide) groups is 1. The minimum absolute atomic E-state index is 0.460. The number of anilines is 1. The first-order chi connectivity index (χ1) is 10.3. The van der Waals surface area contributed by atoms with Gasteiger partial charge in [0.1, 0.15) is 0 Å². The van der Waals surface area contributed by atoms with Crippen LogP contribution in [0.15, 0.2) is 18.2 Å². The average Bonchev–Trinajstić information content (AvgIpc) is 2.98. The van der Waals surface area contributed by atoms with Gasteiger partial charge in [0.05, 0.1) is 0 Å². The van der Waals surface area contributed by atoms with Gasteiger partial charge in [0.2, 0.25) is 0 Å². The van der Waals surface area contributed by atoms with E-state index < -0.39 is 0 Å². The third-order valence-electron chi connectivity index (χ3n) is 5.06. The molecular formula is C17H24N2OS. The second-order valence-electron chi connectivity index (χ2n) is 6.48. The Morgan fingerprint density at radius 2 is 2.19 bits per heavy atom. The van der Waals surface area contributed by atoms with Crippen LogP contribution in [0.4, 0.5) is 5.69 Å². The molecule has 0 bridgehead atoms. The second kappa shape index (κ2) is 5.82. The van der Waals surface area contributed by atoms with Crippen LogP contribution < -0.4 is 5.32 Å². The van der Waals surface area contributed by atoms with Gasteiger partial charge in [-0.05, 0) is 30.4 Å². The number of ether oxygens (including phenoxy) is 1. The predicted octanol–water partition coefficient (Wildman–Crippen LogP) is 2.75. The first kappa shape index (κ1) is 13.9. The molecule has 3 aliphatic rings. The molecule has 2 fully saturated rings. The quantitative estimate of drug-likeness (QED) is 0.908. The van der Waals surface area contributed by atoms with E-state index in [0.29, 0.717) is 4.75 Å². The Hall–Kier alpha value is -0.710. The SMILES string of the molecule is c1cc2c(c(CN3CCSC4(CCOCC4)C3)c1)NCC2. The number of nitrogens with zero attached hydrogens (tertiary/aromatic N) is 1. The van der Waals surface area contributed by atoms with E-state index in [0.717, 1.165) is 26.3 Å². The summed E-state index contributed by atoms with van der Waals surface area (Å²) in [6.07, 6.45) is 3.62. The molecule has 1 aromatic carbocycles. The van der Waals surface area contributed by atoms with Gasteiger partial charge in [-0.2, -0.15) is 11.8 Å². The van der Waals surface area contributed by atoms with Crippen molar-refractivity contribution in [1.82, 2.24) is 4.90 Å². The highest BCUT2D eigenvalue weighted by atomic mass is 32.2. The first-order valence-corrected chi connectivity index (χ1v) is 9.12. The van der Waals surface area contributed by atoms with Crippen LogP contribution in [0.2, 0.25) is 0 Å². The average molecular weight is 304 g/mol. The Morgan fingerprint density at radius 3 is 3.10 bits per heavy atom. The highest BCUT2D eigenvalue weighted by Gasteiger charge is 2.37. The van der Waals surface area contributed by atoms with Crippen LogP contribution in [-0.2, 0) is 17.7 Å². The summed E-state index contributed by atoms with van der Waals surface area (Å²) in [7, 11) is 0. The van der Waals surface area contributed by atoms with Crippen molar-refractivity contribution in [2.45, 2.75) is 30.6 Å². The standard InChI is InChI=1S/C17H24N2OS/c1-2-14-4-7-18-16(14)15(3-1)12-19-8-11-21-17(13-19)5-9-20-10-6-17/h1-3,18H,4-13H2. The molecule has 0 unspecified atom stereocenters. The van der Waals surface area contributed by atoms with Crippen molar-refractivity contribution in [3.8, 4) is 0 Å². The maximum absolute atomic E-state index is 5.57. The molecule has 3 aliphatic heterocycles. The first-order valence-electron chi connectivity index (χ1n) is 8.13. The molecule has 0 radical (unpaired) electrons. The van der Waals surface area contributed by atoms with Crippen LogP contribution in [-0.4, -0.2) is 48.2 Å². The largest absolute Gasteiger partial charge is 0.384 e. The summed E-state index contributed by atoms with van der Waals surface area (Å²) >= 11 is 2.19. The summed E-state index contributed by atoms with van der Waals surface area (Å²) in [6.45, 7) is 6.54. The minimum atomic E-state index is 0.460. The van der Waals surface area contributed by atoms with Crippen LogP contribution in [0, 0.1) is 0 Å². The summed E-state index contributed by atoms with van der Waals surface area (Å²) in [5, 5.41) is 3.58. The molecule has 2 saturated heterocycles. The van der Waals surface area contributed by atoms with Gasteiger partial charge in [0.25, 0.3) is 0 Å². The lowest BCUT2D eigenvalue weighted by molar-refractivity contribution is 0.0625. The topological polar surface area (TPSA) is 24.5 Å². The predicted molar refractivity (Wildman–Crippen MR) is 89.2 cm³/mol. The van der Waals surface area contributed by atoms with Crippen LogP contribution >= 0.6 is 11.8 Å². The third kappa shape index (κ3) is 2.81. The number of hydrogen-bond donors (Lipinski definition) is 1. The van der Waals surface area contributed by atoms with Gasteiger partial charge in [-0.1, -0.05) is 18.2 Å². The Morgan fingerprint density at radius 1 is 1.29 bits per heavy atom. The summed E-state index contributed by atoms with van der Waals surface area (Å²) in [5.41, 5.74) is 4.40. The fraction of sp³-hybridized carbons (Fsp3) is 0.647. The lowest BCUT2D eigenvalue weighted by atomic mass is 9.97. The maximum Gasteiger partial charge on any atom is 0.0479 e. The molecule has 3 heterocycles. The van der Waals surface area contributed by atoms with E-state index >= 15 is 0 Å². The van der Waals surface area contributed by atoms with E-state index in [4.69, 9.17) is 4.74 Å². The Labute approximate surface area is 131 Å². The van der Waals surface area contributed by atoms with Gasteiger partial charge in [0, 0.05) is 55.6 Å². The molecule has 0 aromatic heterocycles. The van der Waals surface area contributed by atoms with E-state index in [-0.39, 0.29) is 0 Å². The Bertz CT molecular complexity index is 508. The molecule has 0 saturated carbocycles. The van der Waals surface area contributed by atoms with Gasteiger partial charge in [-0.15, -0.1) is 0 Å². The molecule has 0 aliphatic carbocycles.